The van der Waals surface area contributed by atoms with Gasteiger partial charge in [0.05, 0.1) is 17.7 Å². The van der Waals surface area contributed by atoms with Gasteiger partial charge in [0.25, 0.3) is 5.69 Å². The van der Waals surface area contributed by atoms with Crippen LogP contribution < -0.4 is 10.1 Å². The van der Waals surface area contributed by atoms with E-state index in [1.165, 1.54) is 25.3 Å². The number of hydrogen-bond donors (Lipinski definition) is 1. The lowest BCUT2D eigenvalue weighted by atomic mass is 10.2. The molecule has 0 fully saturated rings. The smallest absolute Gasteiger partial charge is 0.269 e. The molecule has 1 amide bonds. The van der Waals surface area contributed by atoms with Crippen molar-refractivity contribution in [2.24, 2.45) is 0 Å². The Morgan fingerprint density at radius 1 is 1.26 bits per heavy atom. The van der Waals surface area contributed by atoms with E-state index >= 15 is 0 Å². The zero-order valence-electron chi connectivity index (χ0n) is 12.2. The molecule has 0 saturated carbocycles. The van der Waals surface area contributed by atoms with Gasteiger partial charge in [-0.2, -0.15) is 0 Å². The zero-order valence-corrected chi connectivity index (χ0v) is 13.7. The number of amides is 1. The number of nitrogens with one attached hydrogen (secondary N) is 1. The van der Waals surface area contributed by atoms with Crippen LogP contribution in [0.1, 0.15) is 5.56 Å². The number of rotatable bonds is 5. The minimum Gasteiger partial charge on any atom is -0.495 e. The van der Waals surface area contributed by atoms with Crippen molar-refractivity contribution >= 4 is 39.3 Å². The van der Waals surface area contributed by atoms with Gasteiger partial charge in [-0.1, -0.05) is 15.9 Å². The molecule has 23 heavy (non-hydrogen) atoms. The minimum absolute atomic E-state index is 0.00574. The van der Waals surface area contributed by atoms with E-state index in [-0.39, 0.29) is 11.6 Å². The molecule has 0 radical (unpaired) electrons. The maximum Gasteiger partial charge on any atom is 0.269 e. The summed E-state index contributed by atoms with van der Waals surface area (Å²) in [5.74, 6) is 0.209. The van der Waals surface area contributed by atoms with Gasteiger partial charge in [-0.3, -0.25) is 14.9 Å². The quantitative estimate of drug-likeness (QED) is 0.485. The number of methoxy groups -OCH3 is 1. The Kier molecular flexibility index (Phi) is 5.48. The van der Waals surface area contributed by atoms with Gasteiger partial charge in [-0.25, -0.2) is 0 Å². The Morgan fingerprint density at radius 3 is 2.57 bits per heavy atom. The molecule has 0 aromatic heterocycles. The molecule has 0 unspecified atom stereocenters. The number of anilines is 1. The van der Waals surface area contributed by atoms with Gasteiger partial charge in [-0.15, -0.1) is 0 Å². The van der Waals surface area contributed by atoms with Crippen LogP contribution in [-0.4, -0.2) is 17.9 Å². The first-order chi connectivity index (χ1) is 11.0. The molecule has 118 valence electrons. The summed E-state index contributed by atoms with van der Waals surface area (Å²) in [4.78, 5) is 22.0. The molecule has 2 aromatic rings. The first-order valence-electron chi connectivity index (χ1n) is 6.56. The second kappa shape index (κ2) is 7.55. The lowest BCUT2D eigenvalue weighted by molar-refractivity contribution is -0.384. The van der Waals surface area contributed by atoms with Crippen LogP contribution >= 0.6 is 15.9 Å². The van der Waals surface area contributed by atoms with Gasteiger partial charge in [0.1, 0.15) is 5.75 Å². The summed E-state index contributed by atoms with van der Waals surface area (Å²) in [6.07, 6.45) is 2.92. The number of benzene rings is 2. The number of halogens is 1. The average Bonchev–Trinajstić information content (AvgIpc) is 2.55. The van der Waals surface area contributed by atoms with Crippen molar-refractivity contribution in [2.45, 2.75) is 0 Å². The van der Waals surface area contributed by atoms with E-state index in [4.69, 9.17) is 4.74 Å². The number of carbonyl (C=O) groups excluding carboxylic acids is 1. The molecule has 2 rings (SSSR count). The molecule has 7 heteroatoms. The maximum atomic E-state index is 11.9. The van der Waals surface area contributed by atoms with E-state index in [9.17, 15) is 14.9 Å². The number of hydrogen-bond acceptors (Lipinski definition) is 4. The molecule has 0 saturated heterocycles. The highest BCUT2D eigenvalue weighted by atomic mass is 79.9. The van der Waals surface area contributed by atoms with E-state index < -0.39 is 4.92 Å². The van der Waals surface area contributed by atoms with Crippen LogP contribution in [-0.2, 0) is 4.79 Å². The Hall–Kier alpha value is -2.67. The van der Waals surface area contributed by atoms with Crippen molar-refractivity contribution < 1.29 is 14.5 Å². The average molecular weight is 377 g/mol. The molecular formula is C16H13BrN2O4. The first kappa shape index (κ1) is 16.7. The van der Waals surface area contributed by atoms with E-state index in [1.807, 2.05) is 0 Å². The van der Waals surface area contributed by atoms with Crippen LogP contribution in [0.4, 0.5) is 11.4 Å². The predicted molar refractivity (Wildman–Crippen MR) is 91.5 cm³/mol. The molecule has 0 spiro atoms. The minimum atomic E-state index is -0.472. The van der Waals surface area contributed by atoms with Crippen molar-refractivity contribution in [3.8, 4) is 5.75 Å². The molecular weight excluding hydrogens is 364 g/mol. The third kappa shape index (κ3) is 4.65. The molecule has 2 aromatic carbocycles. The molecule has 1 N–H and O–H groups in total. The highest BCUT2D eigenvalue weighted by Crippen LogP contribution is 2.28. The molecule has 0 bridgehead atoms. The number of nitro benzene ring substituents is 1. The second-order valence-electron chi connectivity index (χ2n) is 4.52. The Morgan fingerprint density at radius 2 is 1.96 bits per heavy atom. The van der Waals surface area contributed by atoms with Gasteiger partial charge in [0.15, 0.2) is 0 Å². The number of nitrogens with zero attached hydrogens (tertiary/aromatic N) is 1. The summed E-state index contributed by atoms with van der Waals surface area (Å²) in [6.45, 7) is 0. The van der Waals surface area contributed by atoms with Crippen LogP contribution in [0.15, 0.2) is 53.0 Å². The molecule has 0 aliphatic rings. The van der Waals surface area contributed by atoms with Crippen molar-refractivity contribution in [3.05, 3.63) is 68.7 Å². The topological polar surface area (TPSA) is 81.5 Å². The Bertz CT molecular complexity index is 757. The number of non-ortho nitro benzene ring substituents is 1. The lowest BCUT2D eigenvalue weighted by Crippen LogP contribution is -2.08. The molecule has 0 aliphatic carbocycles. The maximum absolute atomic E-state index is 11.9. The summed E-state index contributed by atoms with van der Waals surface area (Å²) >= 11 is 3.33. The van der Waals surface area contributed by atoms with Gasteiger partial charge >= 0.3 is 0 Å². The predicted octanol–water partition coefficient (Wildman–Crippen LogP) is 4.02. The van der Waals surface area contributed by atoms with Crippen molar-refractivity contribution in [1.29, 1.82) is 0 Å². The molecule has 0 aliphatic heterocycles. The second-order valence-corrected chi connectivity index (χ2v) is 5.43. The van der Waals surface area contributed by atoms with E-state index in [2.05, 4.69) is 21.2 Å². The third-order valence-electron chi connectivity index (χ3n) is 2.95. The van der Waals surface area contributed by atoms with Crippen LogP contribution in [0.3, 0.4) is 0 Å². The number of ether oxygens (including phenoxy) is 1. The van der Waals surface area contributed by atoms with Crippen molar-refractivity contribution in [2.75, 3.05) is 12.4 Å². The summed E-state index contributed by atoms with van der Waals surface area (Å²) in [5, 5.41) is 13.3. The fourth-order valence-electron chi connectivity index (χ4n) is 1.82. The number of carbonyl (C=O) groups is 1. The van der Waals surface area contributed by atoms with E-state index in [1.54, 1.807) is 36.4 Å². The van der Waals surface area contributed by atoms with Crippen molar-refractivity contribution in [3.63, 3.8) is 0 Å². The highest BCUT2D eigenvalue weighted by Gasteiger charge is 2.06. The van der Waals surface area contributed by atoms with Crippen LogP contribution in [0, 0.1) is 10.1 Å². The standard InChI is InChI=1S/C16H13BrN2O4/c1-23-15-10-12(17)5-8-14(15)18-16(20)9-4-11-2-6-13(7-3-11)19(21)22/h2-10H,1H3,(H,18,20). The molecule has 0 heterocycles. The summed E-state index contributed by atoms with van der Waals surface area (Å²) in [5.41, 5.74) is 1.24. The van der Waals surface area contributed by atoms with Crippen LogP contribution in [0.25, 0.3) is 6.08 Å². The summed E-state index contributed by atoms with van der Waals surface area (Å²) < 4.78 is 6.03. The summed E-state index contributed by atoms with van der Waals surface area (Å²) in [6, 6.07) is 11.2. The monoisotopic (exact) mass is 376 g/mol. The molecule has 0 atom stereocenters. The third-order valence-corrected chi connectivity index (χ3v) is 3.45. The largest absolute Gasteiger partial charge is 0.495 e. The number of nitro groups is 1. The van der Waals surface area contributed by atoms with Crippen LogP contribution in [0.5, 0.6) is 5.75 Å². The van der Waals surface area contributed by atoms with Crippen molar-refractivity contribution in [1.82, 2.24) is 0 Å². The summed E-state index contributed by atoms with van der Waals surface area (Å²) in [7, 11) is 1.52. The van der Waals surface area contributed by atoms with Gasteiger partial charge < -0.3 is 10.1 Å². The lowest BCUT2D eigenvalue weighted by Gasteiger charge is -2.08. The van der Waals surface area contributed by atoms with Crippen LogP contribution in [0.2, 0.25) is 0 Å². The highest BCUT2D eigenvalue weighted by molar-refractivity contribution is 9.10. The van der Waals surface area contributed by atoms with E-state index in [0.29, 0.717) is 17.0 Å². The molecule has 6 nitrogen and oxygen atoms in total. The fraction of sp³-hybridized carbons (Fsp3) is 0.0625. The normalized spacial score (nSPS) is 10.5. The SMILES string of the molecule is COc1cc(Br)ccc1NC(=O)C=Cc1ccc([N+](=O)[O-])cc1. The van der Waals surface area contributed by atoms with E-state index in [0.717, 1.165) is 4.47 Å². The Balaban J connectivity index is 2.05. The zero-order chi connectivity index (χ0) is 16.8. The van der Waals surface area contributed by atoms with Gasteiger partial charge in [0, 0.05) is 22.7 Å². The first-order valence-corrected chi connectivity index (χ1v) is 7.36. The van der Waals surface area contributed by atoms with Gasteiger partial charge in [-0.05, 0) is 42.0 Å². The fourth-order valence-corrected chi connectivity index (χ4v) is 2.16. The Labute approximate surface area is 141 Å². The van der Waals surface area contributed by atoms with Gasteiger partial charge in [0.2, 0.25) is 5.91 Å².